The molecule has 1 aromatic carbocycles. The number of amides is 2. The highest BCUT2D eigenvalue weighted by Crippen LogP contribution is 2.15. The maximum absolute atomic E-state index is 12.8. The van der Waals surface area contributed by atoms with E-state index < -0.39 is 6.04 Å². The minimum Gasteiger partial charge on any atom is -0.343 e. The summed E-state index contributed by atoms with van der Waals surface area (Å²) in [4.78, 5) is 27.0. The SMILES string of the molecule is CSCCC(NC(=O)c1cccc(C)c1)C(=O)N(C)CC(C)(C)CN. The highest BCUT2D eigenvalue weighted by molar-refractivity contribution is 7.98. The summed E-state index contributed by atoms with van der Waals surface area (Å²) < 4.78 is 0. The summed E-state index contributed by atoms with van der Waals surface area (Å²) in [6, 6.07) is 6.85. The van der Waals surface area contributed by atoms with Crippen LogP contribution in [0.15, 0.2) is 24.3 Å². The van der Waals surface area contributed by atoms with E-state index in [1.54, 1.807) is 29.8 Å². The Hall–Kier alpha value is -1.53. The van der Waals surface area contributed by atoms with E-state index in [4.69, 9.17) is 5.73 Å². The molecule has 1 aromatic rings. The first-order chi connectivity index (χ1) is 11.7. The van der Waals surface area contributed by atoms with Gasteiger partial charge >= 0.3 is 0 Å². The first kappa shape index (κ1) is 21.5. The van der Waals surface area contributed by atoms with Crippen molar-refractivity contribution in [3.63, 3.8) is 0 Å². The fourth-order valence-electron chi connectivity index (χ4n) is 2.57. The maximum atomic E-state index is 12.8. The van der Waals surface area contributed by atoms with Gasteiger partial charge in [-0.25, -0.2) is 0 Å². The molecule has 2 amide bonds. The van der Waals surface area contributed by atoms with Crippen LogP contribution in [0.25, 0.3) is 0 Å². The largest absolute Gasteiger partial charge is 0.343 e. The molecule has 1 rings (SSSR count). The van der Waals surface area contributed by atoms with E-state index in [0.29, 0.717) is 25.1 Å². The number of hydrogen-bond donors (Lipinski definition) is 2. The monoisotopic (exact) mass is 365 g/mol. The lowest BCUT2D eigenvalue weighted by molar-refractivity contribution is -0.133. The Balaban J connectivity index is 2.85. The molecule has 0 heterocycles. The Morgan fingerprint density at radius 2 is 2.04 bits per heavy atom. The highest BCUT2D eigenvalue weighted by atomic mass is 32.2. The normalized spacial score (nSPS) is 12.6. The third kappa shape index (κ3) is 7.08. The number of hydrogen-bond acceptors (Lipinski definition) is 4. The van der Waals surface area contributed by atoms with Crippen molar-refractivity contribution in [2.24, 2.45) is 11.1 Å². The summed E-state index contributed by atoms with van der Waals surface area (Å²) in [5.74, 6) is 0.518. The molecule has 0 fully saturated rings. The van der Waals surface area contributed by atoms with Crippen LogP contribution >= 0.6 is 11.8 Å². The molecule has 0 bridgehead atoms. The molecule has 6 heteroatoms. The molecule has 0 spiro atoms. The molecule has 0 aromatic heterocycles. The second-order valence-corrected chi connectivity index (χ2v) is 8.23. The Bertz CT molecular complexity index is 590. The Labute approximate surface area is 155 Å². The molecule has 0 aliphatic heterocycles. The van der Waals surface area contributed by atoms with Crippen LogP contribution in [-0.2, 0) is 4.79 Å². The average molecular weight is 366 g/mol. The van der Waals surface area contributed by atoms with E-state index in [0.717, 1.165) is 11.3 Å². The van der Waals surface area contributed by atoms with E-state index >= 15 is 0 Å². The number of rotatable bonds is 9. The van der Waals surface area contributed by atoms with E-state index in [9.17, 15) is 9.59 Å². The van der Waals surface area contributed by atoms with Crippen LogP contribution in [0.1, 0.15) is 36.2 Å². The molecule has 25 heavy (non-hydrogen) atoms. The van der Waals surface area contributed by atoms with Crippen LogP contribution in [0.2, 0.25) is 0 Å². The Morgan fingerprint density at radius 3 is 2.60 bits per heavy atom. The summed E-state index contributed by atoms with van der Waals surface area (Å²) in [5.41, 5.74) is 7.20. The zero-order chi connectivity index (χ0) is 19.0. The number of aryl methyl sites for hydroxylation is 1. The number of carbonyl (C=O) groups excluding carboxylic acids is 2. The lowest BCUT2D eigenvalue weighted by Crippen LogP contribution is -2.50. The smallest absolute Gasteiger partial charge is 0.251 e. The minimum atomic E-state index is -0.529. The minimum absolute atomic E-state index is 0.0726. The summed E-state index contributed by atoms with van der Waals surface area (Å²) in [6.07, 6.45) is 2.59. The predicted molar refractivity (Wildman–Crippen MR) is 106 cm³/mol. The van der Waals surface area contributed by atoms with Crippen molar-refractivity contribution in [1.82, 2.24) is 10.2 Å². The fraction of sp³-hybridized carbons (Fsp3) is 0.579. The average Bonchev–Trinajstić information content (AvgIpc) is 2.57. The molecule has 1 unspecified atom stereocenters. The molecule has 140 valence electrons. The van der Waals surface area contributed by atoms with Crippen molar-refractivity contribution in [2.45, 2.75) is 33.2 Å². The van der Waals surface area contributed by atoms with Crippen LogP contribution in [-0.4, -0.2) is 54.9 Å². The van der Waals surface area contributed by atoms with Crippen molar-refractivity contribution in [2.75, 3.05) is 32.1 Å². The third-order valence-electron chi connectivity index (χ3n) is 4.09. The van der Waals surface area contributed by atoms with Gasteiger partial charge in [0.2, 0.25) is 5.91 Å². The molecule has 3 N–H and O–H groups in total. The van der Waals surface area contributed by atoms with Crippen LogP contribution in [0.3, 0.4) is 0 Å². The number of nitrogens with zero attached hydrogens (tertiary/aromatic N) is 1. The summed E-state index contributed by atoms with van der Waals surface area (Å²) in [7, 11) is 1.77. The van der Waals surface area contributed by atoms with Crippen LogP contribution in [0, 0.1) is 12.3 Å². The second kappa shape index (κ2) is 9.82. The zero-order valence-electron chi connectivity index (χ0n) is 16.0. The molecule has 0 aliphatic rings. The van der Waals surface area contributed by atoms with Crippen molar-refractivity contribution in [3.05, 3.63) is 35.4 Å². The lowest BCUT2D eigenvalue weighted by Gasteiger charge is -2.31. The van der Waals surface area contributed by atoms with E-state index in [-0.39, 0.29) is 17.2 Å². The number of thioether (sulfide) groups is 1. The second-order valence-electron chi connectivity index (χ2n) is 7.24. The van der Waals surface area contributed by atoms with Crippen LogP contribution in [0.5, 0.6) is 0 Å². The zero-order valence-corrected chi connectivity index (χ0v) is 16.8. The van der Waals surface area contributed by atoms with Gasteiger partial charge in [0, 0.05) is 19.2 Å². The van der Waals surface area contributed by atoms with Gasteiger partial charge in [-0.15, -0.1) is 0 Å². The summed E-state index contributed by atoms with van der Waals surface area (Å²) in [5, 5.41) is 2.91. The molecular weight excluding hydrogens is 334 g/mol. The third-order valence-corrected chi connectivity index (χ3v) is 4.73. The van der Waals surface area contributed by atoms with Crippen LogP contribution < -0.4 is 11.1 Å². The Morgan fingerprint density at radius 1 is 1.36 bits per heavy atom. The molecule has 1 atom stereocenters. The van der Waals surface area contributed by atoms with Gasteiger partial charge in [0.05, 0.1) is 0 Å². The molecule has 0 radical (unpaired) electrons. The fourth-order valence-corrected chi connectivity index (χ4v) is 3.04. The van der Waals surface area contributed by atoms with Gasteiger partial charge in [-0.1, -0.05) is 31.5 Å². The Kier molecular flexibility index (Phi) is 8.45. The first-order valence-electron chi connectivity index (χ1n) is 8.51. The van der Waals surface area contributed by atoms with Gasteiger partial charge in [-0.2, -0.15) is 11.8 Å². The number of likely N-dealkylation sites (N-methyl/N-ethyl adjacent to an activating group) is 1. The van der Waals surface area contributed by atoms with Crippen molar-refractivity contribution in [3.8, 4) is 0 Å². The van der Waals surface area contributed by atoms with Gasteiger partial charge in [-0.3, -0.25) is 9.59 Å². The molecule has 0 saturated carbocycles. The van der Waals surface area contributed by atoms with Gasteiger partial charge in [0.1, 0.15) is 6.04 Å². The quantitative estimate of drug-likeness (QED) is 0.704. The highest BCUT2D eigenvalue weighted by Gasteiger charge is 2.27. The standard InChI is InChI=1S/C19H31N3O2S/c1-14-7-6-8-15(11-14)17(23)21-16(9-10-25-5)18(24)22(4)13-19(2,3)12-20/h6-8,11,16H,9-10,12-13,20H2,1-5H3,(H,21,23). The summed E-state index contributed by atoms with van der Waals surface area (Å²) in [6.45, 7) is 7.04. The van der Waals surface area contributed by atoms with Crippen LogP contribution in [0.4, 0.5) is 0 Å². The number of carbonyl (C=O) groups is 2. The summed E-state index contributed by atoms with van der Waals surface area (Å²) >= 11 is 1.66. The lowest BCUT2D eigenvalue weighted by atomic mass is 9.93. The first-order valence-corrected chi connectivity index (χ1v) is 9.91. The molecule has 5 nitrogen and oxygen atoms in total. The van der Waals surface area contributed by atoms with Gasteiger partial charge < -0.3 is 16.0 Å². The van der Waals surface area contributed by atoms with E-state index in [2.05, 4.69) is 5.32 Å². The predicted octanol–water partition coefficient (Wildman–Crippen LogP) is 2.29. The number of nitrogens with two attached hydrogens (primary N) is 1. The van der Waals surface area contributed by atoms with Gasteiger partial charge in [-0.05, 0) is 49.4 Å². The molecule has 0 saturated heterocycles. The number of benzene rings is 1. The maximum Gasteiger partial charge on any atom is 0.251 e. The van der Waals surface area contributed by atoms with Crippen molar-refractivity contribution < 1.29 is 9.59 Å². The van der Waals surface area contributed by atoms with Crippen molar-refractivity contribution in [1.29, 1.82) is 0 Å². The van der Waals surface area contributed by atoms with Crippen molar-refractivity contribution >= 4 is 23.6 Å². The van der Waals surface area contributed by atoms with E-state index in [1.165, 1.54) is 0 Å². The van der Waals surface area contributed by atoms with Gasteiger partial charge in [0.25, 0.3) is 5.91 Å². The topological polar surface area (TPSA) is 75.4 Å². The molecule has 0 aliphatic carbocycles. The van der Waals surface area contributed by atoms with Gasteiger partial charge in [0.15, 0.2) is 0 Å². The number of nitrogens with one attached hydrogen (secondary N) is 1. The molecular formula is C19H31N3O2S. The van der Waals surface area contributed by atoms with E-state index in [1.807, 2.05) is 45.2 Å².